The van der Waals surface area contributed by atoms with Crippen LogP contribution in [0.5, 0.6) is 5.75 Å². The van der Waals surface area contributed by atoms with E-state index < -0.39 is 0 Å². The van der Waals surface area contributed by atoms with Gasteiger partial charge in [0, 0.05) is 17.8 Å². The second kappa shape index (κ2) is 6.21. The van der Waals surface area contributed by atoms with Crippen molar-refractivity contribution >= 4 is 34.2 Å². The molecule has 0 heterocycles. The van der Waals surface area contributed by atoms with Crippen molar-refractivity contribution in [1.29, 1.82) is 0 Å². The SMILES string of the molecule is CCN(C(=O)c1ccc(I)c(O)c1)c1cccc(F)c1. The van der Waals surface area contributed by atoms with E-state index in [1.165, 1.54) is 23.1 Å². The van der Waals surface area contributed by atoms with Crippen LogP contribution in [0.25, 0.3) is 0 Å². The van der Waals surface area contributed by atoms with E-state index in [1.807, 2.05) is 29.5 Å². The van der Waals surface area contributed by atoms with E-state index in [9.17, 15) is 14.3 Å². The number of halogens is 2. The van der Waals surface area contributed by atoms with Crippen LogP contribution in [0.15, 0.2) is 42.5 Å². The first kappa shape index (κ1) is 14.8. The molecule has 0 saturated carbocycles. The van der Waals surface area contributed by atoms with Crippen molar-refractivity contribution in [1.82, 2.24) is 0 Å². The maximum absolute atomic E-state index is 13.3. The number of carbonyl (C=O) groups excluding carboxylic acids is 1. The molecule has 0 aliphatic rings. The number of hydrogen-bond acceptors (Lipinski definition) is 2. The predicted molar refractivity (Wildman–Crippen MR) is 84.6 cm³/mol. The molecule has 0 aliphatic heterocycles. The van der Waals surface area contributed by atoms with E-state index in [0.29, 0.717) is 21.4 Å². The highest BCUT2D eigenvalue weighted by Crippen LogP contribution is 2.23. The Morgan fingerprint density at radius 3 is 2.65 bits per heavy atom. The first-order chi connectivity index (χ1) is 9.52. The molecule has 0 atom stereocenters. The average molecular weight is 385 g/mol. The summed E-state index contributed by atoms with van der Waals surface area (Å²) in [4.78, 5) is 13.9. The largest absolute Gasteiger partial charge is 0.507 e. The zero-order valence-electron chi connectivity index (χ0n) is 10.8. The quantitative estimate of drug-likeness (QED) is 0.817. The lowest BCUT2D eigenvalue weighted by atomic mass is 10.1. The van der Waals surface area contributed by atoms with Gasteiger partial charge >= 0.3 is 0 Å². The van der Waals surface area contributed by atoms with Gasteiger partial charge in [-0.05, 0) is 65.9 Å². The predicted octanol–water partition coefficient (Wildman–Crippen LogP) is 3.80. The van der Waals surface area contributed by atoms with Crippen molar-refractivity contribution < 1.29 is 14.3 Å². The fourth-order valence-electron chi connectivity index (χ4n) is 1.89. The fraction of sp³-hybridized carbons (Fsp3) is 0.133. The minimum absolute atomic E-state index is 0.0618. The number of anilines is 1. The number of rotatable bonds is 3. The van der Waals surface area contributed by atoms with Crippen molar-refractivity contribution in [2.75, 3.05) is 11.4 Å². The normalized spacial score (nSPS) is 10.3. The number of aromatic hydroxyl groups is 1. The molecule has 104 valence electrons. The highest BCUT2D eigenvalue weighted by molar-refractivity contribution is 14.1. The molecular weight excluding hydrogens is 372 g/mol. The Morgan fingerprint density at radius 1 is 1.30 bits per heavy atom. The van der Waals surface area contributed by atoms with Crippen LogP contribution in [0.4, 0.5) is 10.1 Å². The number of carbonyl (C=O) groups is 1. The maximum atomic E-state index is 13.3. The monoisotopic (exact) mass is 385 g/mol. The van der Waals surface area contributed by atoms with Gasteiger partial charge in [-0.3, -0.25) is 4.79 Å². The molecule has 0 saturated heterocycles. The first-order valence-corrected chi connectivity index (χ1v) is 7.16. The Morgan fingerprint density at radius 2 is 2.05 bits per heavy atom. The molecule has 2 aromatic carbocycles. The minimum atomic E-state index is -0.390. The number of phenolic OH excluding ortho intramolecular Hbond substituents is 1. The maximum Gasteiger partial charge on any atom is 0.258 e. The molecule has 3 nitrogen and oxygen atoms in total. The van der Waals surface area contributed by atoms with Gasteiger partial charge in [0.1, 0.15) is 11.6 Å². The van der Waals surface area contributed by atoms with Gasteiger partial charge in [0.05, 0.1) is 3.57 Å². The van der Waals surface area contributed by atoms with Crippen molar-refractivity contribution in [3.63, 3.8) is 0 Å². The molecule has 0 spiro atoms. The third-order valence-electron chi connectivity index (χ3n) is 2.87. The summed E-state index contributed by atoms with van der Waals surface area (Å²) in [7, 11) is 0. The summed E-state index contributed by atoms with van der Waals surface area (Å²) in [5.41, 5.74) is 0.865. The van der Waals surface area contributed by atoms with Crippen molar-refractivity contribution in [2.45, 2.75) is 6.92 Å². The minimum Gasteiger partial charge on any atom is -0.507 e. The van der Waals surface area contributed by atoms with Gasteiger partial charge < -0.3 is 10.0 Å². The fourth-order valence-corrected chi connectivity index (χ4v) is 2.22. The smallest absolute Gasteiger partial charge is 0.258 e. The van der Waals surface area contributed by atoms with Gasteiger partial charge in [-0.1, -0.05) is 6.07 Å². The lowest BCUT2D eigenvalue weighted by molar-refractivity contribution is 0.0988. The Labute approximate surface area is 130 Å². The third kappa shape index (κ3) is 3.09. The summed E-state index contributed by atoms with van der Waals surface area (Å²) in [6, 6.07) is 10.6. The number of hydrogen-bond donors (Lipinski definition) is 1. The van der Waals surface area contributed by atoms with E-state index in [1.54, 1.807) is 24.3 Å². The molecule has 5 heteroatoms. The lowest BCUT2D eigenvalue weighted by Gasteiger charge is -2.21. The van der Waals surface area contributed by atoms with Crippen LogP contribution in [0.2, 0.25) is 0 Å². The summed E-state index contributed by atoms with van der Waals surface area (Å²) in [5.74, 6) is -0.601. The molecular formula is C15H13FINO2. The molecule has 0 fully saturated rings. The number of amides is 1. The molecule has 0 bridgehead atoms. The van der Waals surface area contributed by atoms with Crippen molar-refractivity contribution in [3.05, 3.63) is 57.4 Å². The van der Waals surface area contributed by atoms with E-state index >= 15 is 0 Å². The van der Waals surface area contributed by atoms with Gasteiger partial charge in [0.15, 0.2) is 0 Å². The second-order valence-electron chi connectivity index (χ2n) is 4.20. The zero-order valence-corrected chi connectivity index (χ0v) is 13.0. The van der Waals surface area contributed by atoms with Gasteiger partial charge in [-0.25, -0.2) is 4.39 Å². The van der Waals surface area contributed by atoms with E-state index in [4.69, 9.17) is 0 Å². The van der Waals surface area contributed by atoms with Crippen molar-refractivity contribution in [2.24, 2.45) is 0 Å². The Hall–Kier alpha value is -1.63. The van der Waals surface area contributed by atoms with E-state index in [2.05, 4.69) is 0 Å². The number of nitrogens with zero attached hydrogens (tertiary/aromatic N) is 1. The summed E-state index contributed by atoms with van der Waals surface area (Å²) in [6.07, 6.45) is 0. The molecule has 0 unspecified atom stereocenters. The lowest BCUT2D eigenvalue weighted by Crippen LogP contribution is -2.30. The summed E-state index contributed by atoms with van der Waals surface area (Å²) in [5, 5.41) is 9.68. The summed E-state index contributed by atoms with van der Waals surface area (Å²) >= 11 is 1.98. The molecule has 0 aromatic heterocycles. The van der Waals surface area contributed by atoms with Crippen LogP contribution in [-0.4, -0.2) is 17.6 Å². The highest BCUT2D eigenvalue weighted by Gasteiger charge is 2.17. The molecule has 0 aliphatic carbocycles. The van der Waals surface area contributed by atoms with Crippen LogP contribution in [0, 0.1) is 9.39 Å². The highest BCUT2D eigenvalue weighted by atomic mass is 127. The Kier molecular flexibility index (Phi) is 4.59. The van der Waals surface area contributed by atoms with Crippen LogP contribution < -0.4 is 4.90 Å². The van der Waals surface area contributed by atoms with Crippen LogP contribution in [-0.2, 0) is 0 Å². The van der Waals surface area contributed by atoms with Crippen molar-refractivity contribution in [3.8, 4) is 5.75 Å². The van der Waals surface area contributed by atoms with Gasteiger partial charge in [0.25, 0.3) is 5.91 Å². The van der Waals surface area contributed by atoms with Crippen LogP contribution in [0.3, 0.4) is 0 Å². The zero-order chi connectivity index (χ0) is 14.7. The standard InChI is InChI=1S/C15H13FINO2/c1-2-18(12-5-3-4-11(16)9-12)15(20)10-6-7-13(17)14(19)8-10/h3-9,19H,2H2,1H3. The van der Waals surface area contributed by atoms with Crippen LogP contribution in [0.1, 0.15) is 17.3 Å². The molecule has 20 heavy (non-hydrogen) atoms. The molecule has 2 aromatic rings. The summed E-state index contributed by atoms with van der Waals surface area (Å²) in [6.45, 7) is 2.23. The average Bonchev–Trinajstić information content (AvgIpc) is 2.42. The molecule has 1 amide bonds. The first-order valence-electron chi connectivity index (χ1n) is 6.09. The van der Waals surface area contributed by atoms with Gasteiger partial charge in [-0.2, -0.15) is 0 Å². The summed E-state index contributed by atoms with van der Waals surface area (Å²) < 4.78 is 13.9. The second-order valence-corrected chi connectivity index (χ2v) is 5.36. The molecule has 2 rings (SSSR count). The van der Waals surface area contributed by atoms with E-state index in [0.717, 1.165) is 0 Å². The third-order valence-corrected chi connectivity index (χ3v) is 3.79. The van der Waals surface area contributed by atoms with E-state index in [-0.39, 0.29) is 17.5 Å². The van der Waals surface area contributed by atoms with Crippen LogP contribution >= 0.6 is 22.6 Å². The van der Waals surface area contributed by atoms with Gasteiger partial charge in [-0.15, -0.1) is 0 Å². The number of phenols is 1. The van der Waals surface area contributed by atoms with Gasteiger partial charge in [0.2, 0.25) is 0 Å². The molecule has 1 N–H and O–H groups in total. The number of benzene rings is 2. The Bertz CT molecular complexity index is 646. The molecule has 0 radical (unpaired) electrons. The Balaban J connectivity index is 2.36. The topological polar surface area (TPSA) is 40.5 Å².